The molecule has 0 saturated heterocycles. The predicted molar refractivity (Wildman–Crippen MR) is 47.9 cm³/mol. The Morgan fingerprint density at radius 3 is 2.79 bits per heavy atom. The van der Waals surface area contributed by atoms with Gasteiger partial charge in [-0.3, -0.25) is 0 Å². The van der Waals surface area contributed by atoms with Gasteiger partial charge in [0.15, 0.2) is 0 Å². The van der Waals surface area contributed by atoms with Crippen LogP contribution in [0.3, 0.4) is 0 Å². The summed E-state index contributed by atoms with van der Waals surface area (Å²) in [4.78, 5) is 14.4. The molecule has 0 saturated carbocycles. The SMILES string of the molecule is CCOC(=O)c1cc(N)c(O)nc1O. The normalized spacial score (nSPS) is 9.79. The zero-order valence-electron chi connectivity index (χ0n) is 7.52. The molecule has 76 valence electrons. The van der Waals surface area contributed by atoms with Crippen LogP contribution in [0.1, 0.15) is 17.3 Å². The summed E-state index contributed by atoms with van der Waals surface area (Å²) in [7, 11) is 0. The monoisotopic (exact) mass is 198 g/mol. The summed E-state index contributed by atoms with van der Waals surface area (Å²) in [5.41, 5.74) is 5.04. The van der Waals surface area contributed by atoms with Gasteiger partial charge in [0.05, 0.1) is 12.3 Å². The van der Waals surface area contributed by atoms with Gasteiger partial charge in [0.2, 0.25) is 11.8 Å². The van der Waals surface area contributed by atoms with Crippen LogP contribution in [0.25, 0.3) is 0 Å². The standard InChI is InChI=1S/C8H10N2O4/c1-2-14-8(13)4-3-5(9)7(12)10-6(4)11/h3H,2,9H2,1H3,(H2,10,11,12). The second-order valence-electron chi connectivity index (χ2n) is 2.49. The number of anilines is 1. The summed E-state index contributed by atoms with van der Waals surface area (Å²) < 4.78 is 4.63. The lowest BCUT2D eigenvalue weighted by molar-refractivity contribution is 0.0522. The van der Waals surface area contributed by atoms with Crippen molar-refractivity contribution in [3.05, 3.63) is 11.6 Å². The molecule has 0 fully saturated rings. The van der Waals surface area contributed by atoms with Gasteiger partial charge in [-0.2, -0.15) is 4.98 Å². The van der Waals surface area contributed by atoms with Crippen LogP contribution in [0, 0.1) is 0 Å². The fourth-order valence-electron chi connectivity index (χ4n) is 0.869. The van der Waals surface area contributed by atoms with E-state index in [9.17, 15) is 9.90 Å². The lowest BCUT2D eigenvalue weighted by atomic mass is 10.2. The number of nitrogens with two attached hydrogens (primary N) is 1. The van der Waals surface area contributed by atoms with Gasteiger partial charge in [0.25, 0.3) is 0 Å². The number of hydrogen-bond acceptors (Lipinski definition) is 6. The molecule has 0 radical (unpaired) electrons. The van der Waals surface area contributed by atoms with Crippen molar-refractivity contribution in [1.29, 1.82) is 0 Å². The molecule has 4 N–H and O–H groups in total. The quantitative estimate of drug-likeness (QED) is 0.588. The van der Waals surface area contributed by atoms with E-state index < -0.39 is 17.7 Å². The van der Waals surface area contributed by atoms with Gasteiger partial charge in [-0.25, -0.2) is 4.79 Å². The number of carbonyl (C=O) groups excluding carboxylic acids is 1. The first kappa shape index (κ1) is 10.1. The van der Waals surface area contributed by atoms with Crippen LogP contribution >= 0.6 is 0 Å². The maximum atomic E-state index is 11.2. The van der Waals surface area contributed by atoms with Crippen LogP contribution in [0.2, 0.25) is 0 Å². The van der Waals surface area contributed by atoms with E-state index >= 15 is 0 Å². The fourth-order valence-corrected chi connectivity index (χ4v) is 0.869. The maximum Gasteiger partial charge on any atom is 0.343 e. The minimum absolute atomic E-state index is 0.0918. The molecule has 1 heterocycles. The van der Waals surface area contributed by atoms with Crippen LogP contribution in [0.4, 0.5) is 5.69 Å². The summed E-state index contributed by atoms with van der Waals surface area (Å²) in [6.45, 7) is 1.81. The second kappa shape index (κ2) is 3.82. The van der Waals surface area contributed by atoms with Gasteiger partial charge in [-0.05, 0) is 13.0 Å². The molecule has 6 heteroatoms. The molecule has 0 unspecified atom stereocenters. The third-order valence-corrected chi connectivity index (χ3v) is 1.51. The molecule has 0 aliphatic heterocycles. The van der Waals surface area contributed by atoms with Crippen LogP contribution in [0.15, 0.2) is 6.07 Å². The highest BCUT2D eigenvalue weighted by molar-refractivity contribution is 5.93. The van der Waals surface area contributed by atoms with Crippen LogP contribution in [-0.4, -0.2) is 27.8 Å². The molecule has 1 aromatic heterocycles. The van der Waals surface area contributed by atoms with Crippen LogP contribution in [0.5, 0.6) is 11.8 Å². The van der Waals surface area contributed by atoms with Crippen molar-refractivity contribution in [3.8, 4) is 11.8 Å². The van der Waals surface area contributed by atoms with Crippen molar-refractivity contribution < 1.29 is 19.7 Å². The van der Waals surface area contributed by atoms with Crippen molar-refractivity contribution in [1.82, 2.24) is 4.98 Å². The minimum atomic E-state index is -0.732. The summed E-state index contributed by atoms with van der Waals surface area (Å²) in [5, 5.41) is 18.2. The molecule has 0 bridgehead atoms. The lowest BCUT2D eigenvalue weighted by Gasteiger charge is -2.05. The highest BCUT2D eigenvalue weighted by Gasteiger charge is 2.16. The second-order valence-corrected chi connectivity index (χ2v) is 2.49. The van der Waals surface area contributed by atoms with Gasteiger partial charge < -0.3 is 20.7 Å². The van der Waals surface area contributed by atoms with Crippen LogP contribution in [-0.2, 0) is 4.74 Å². The molecule has 0 atom stereocenters. The summed E-state index contributed by atoms with van der Waals surface area (Å²) in [6.07, 6.45) is 0. The van der Waals surface area contributed by atoms with Gasteiger partial charge >= 0.3 is 5.97 Å². The molecule has 0 aromatic carbocycles. The van der Waals surface area contributed by atoms with Crippen molar-refractivity contribution in [2.24, 2.45) is 0 Å². The highest BCUT2D eigenvalue weighted by Crippen LogP contribution is 2.25. The third kappa shape index (κ3) is 1.85. The van der Waals surface area contributed by atoms with E-state index in [2.05, 4.69) is 9.72 Å². The van der Waals surface area contributed by atoms with E-state index in [4.69, 9.17) is 10.8 Å². The van der Waals surface area contributed by atoms with E-state index in [-0.39, 0.29) is 17.9 Å². The Labute approximate surface area is 79.9 Å². The first-order chi connectivity index (χ1) is 6.56. The first-order valence-corrected chi connectivity index (χ1v) is 3.91. The largest absolute Gasteiger partial charge is 0.493 e. The Kier molecular flexibility index (Phi) is 2.76. The van der Waals surface area contributed by atoms with Crippen molar-refractivity contribution in [2.45, 2.75) is 6.92 Å². The molecule has 0 amide bonds. The van der Waals surface area contributed by atoms with E-state index in [1.54, 1.807) is 6.92 Å². The van der Waals surface area contributed by atoms with Gasteiger partial charge in [-0.15, -0.1) is 0 Å². The Bertz CT molecular complexity index is 365. The number of rotatable bonds is 2. The zero-order valence-corrected chi connectivity index (χ0v) is 7.52. The topological polar surface area (TPSA) is 106 Å². The summed E-state index contributed by atoms with van der Waals surface area (Å²) in [5.74, 6) is -1.85. The molecule has 0 aliphatic carbocycles. The zero-order chi connectivity index (χ0) is 10.7. The third-order valence-electron chi connectivity index (χ3n) is 1.51. The van der Waals surface area contributed by atoms with E-state index in [0.717, 1.165) is 6.07 Å². The number of carbonyl (C=O) groups is 1. The van der Waals surface area contributed by atoms with Crippen LogP contribution < -0.4 is 5.73 Å². The first-order valence-electron chi connectivity index (χ1n) is 3.91. The molecule has 1 aromatic rings. The smallest absolute Gasteiger partial charge is 0.343 e. The maximum absolute atomic E-state index is 11.2. The molecule has 1 rings (SSSR count). The van der Waals surface area contributed by atoms with E-state index in [1.165, 1.54) is 0 Å². The number of aromatic hydroxyl groups is 2. The molecule has 0 aliphatic rings. The number of nitrogen functional groups attached to an aromatic ring is 1. The Morgan fingerprint density at radius 2 is 2.21 bits per heavy atom. The number of pyridine rings is 1. The van der Waals surface area contributed by atoms with Gasteiger partial charge in [-0.1, -0.05) is 0 Å². The van der Waals surface area contributed by atoms with E-state index in [0.29, 0.717) is 0 Å². The molecular weight excluding hydrogens is 188 g/mol. The molecular formula is C8H10N2O4. The van der Waals surface area contributed by atoms with Crippen molar-refractivity contribution >= 4 is 11.7 Å². The molecule has 6 nitrogen and oxygen atoms in total. The lowest BCUT2D eigenvalue weighted by Crippen LogP contribution is -2.06. The van der Waals surface area contributed by atoms with Crippen molar-refractivity contribution in [2.75, 3.05) is 12.3 Å². The molecule has 0 spiro atoms. The highest BCUT2D eigenvalue weighted by atomic mass is 16.5. The number of esters is 1. The van der Waals surface area contributed by atoms with Crippen molar-refractivity contribution in [3.63, 3.8) is 0 Å². The number of nitrogens with zero attached hydrogens (tertiary/aromatic N) is 1. The summed E-state index contributed by atoms with van der Waals surface area (Å²) in [6, 6.07) is 1.11. The Hall–Kier alpha value is -1.98. The fraction of sp³-hybridized carbons (Fsp3) is 0.250. The number of aromatic nitrogens is 1. The minimum Gasteiger partial charge on any atom is -0.493 e. The Morgan fingerprint density at radius 1 is 1.57 bits per heavy atom. The Balaban J connectivity index is 3.09. The number of ether oxygens (including phenoxy) is 1. The number of hydrogen-bond donors (Lipinski definition) is 3. The molecule has 14 heavy (non-hydrogen) atoms. The van der Waals surface area contributed by atoms with Gasteiger partial charge in [0.1, 0.15) is 5.56 Å². The summed E-state index contributed by atoms with van der Waals surface area (Å²) >= 11 is 0. The van der Waals surface area contributed by atoms with E-state index in [1.807, 2.05) is 0 Å². The average Bonchev–Trinajstić information content (AvgIpc) is 2.11. The van der Waals surface area contributed by atoms with Gasteiger partial charge in [0, 0.05) is 0 Å². The average molecular weight is 198 g/mol. The predicted octanol–water partition coefficient (Wildman–Crippen LogP) is 0.252.